The Morgan fingerprint density at radius 2 is 1.91 bits per heavy atom. The van der Waals surface area contributed by atoms with Gasteiger partial charge >= 0.3 is 5.97 Å². The number of amides is 1. The van der Waals surface area contributed by atoms with Gasteiger partial charge in [0.15, 0.2) is 5.13 Å². The molecule has 0 saturated carbocycles. The Kier molecular flexibility index (Phi) is 7.05. The molecule has 32 heavy (non-hydrogen) atoms. The summed E-state index contributed by atoms with van der Waals surface area (Å²) >= 11 is 7.72. The van der Waals surface area contributed by atoms with E-state index in [0.717, 1.165) is 28.9 Å². The van der Waals surface area contributed by atoms with E-state index in [1.54, 1.807) is 29.2 Å². The predicted octanol–water partition coefficient (Wildman–Crippen LogP) is 4.02. The Morgan fingerprint density at radius 1 is 1.19 bits per heavy atom. The fourth-order valence-electron chi connectivity index (χ4n) is 3.66. The van der Waals surface area contributed by atoms with Crippen molar-refractivity contribution in [2.45, 2.75) is 6.92 Å². The largest absolute Gasteiger partial charge is 0.465 e. The number of rotatable bonds is 6. The smallest absolute Gasteiger partial charge is 0.338 e. The fourth-order valence-corrected chi connectivity index (χ4v) is 4.86. The average molecular weight is 474 g/mol. The lowest BCUT2D eigenvalue weighted by Gasteiger charge is -2.29. The maximum atomic E-state index is 13.7. The summed E-state index contributed by atoms with van der Waals surface area (Å²) in [4.78, 5) is 34.6. The summed E-state index contributed by atoms with van der Waals surface area (Å²) < 4.78 is 11.3. The molecular weight excluding hydrogens is 450 g/mol. The number of fused-ring (bicyclic) bond motifs is 1. The van der Waals surface area contributed by atoms with Crippen LogP contribution >= 0.6 is 22.9 Å². The van der Waals surface area contributed by atoms with Gasteiger partial charge < -0.3 is 9.47 Å². The SMILES string of the molecule is COC(=O)c1ccccc1C(=O)N(CCN1CCOCC1)c1nc2c(C)c(Cl)ccc2s1. The Balaban J connectivity index is 1.72. The summed E-state index contributed by atoms with van der Waals surface area (Å²) in [7, 11) is 1.31. The second kappa shape index (κ2) is 9.95. The van der Waals surface area contributed by atoms with Crippen LogP contribution in [0.1, 0.15) is 26.3 Å². The molecule has 7 nitrogen and oxygen atoms in total. The molecule has 0 N–H and O–H groups in total. The second-order valence-corrected chi connectivity index (χ2v) is 8.88. The van der Waals surface area contributed by atoms with Crippen molar-refractivity contribution in [1.29, 1.82) is 0 Å². The first-order chi connectivity index (χ1) is 15.5. The molecule has 0 radical (unpaired) electrons. The highest BCUT2D eigenvalue weighted by atomic mass is 35.5. The van der Waals surface area contributed by atoms with Gasteiger partial charge in [-0.3, -0.25) is 14.6 Å². The third-order valence-corrected chi connectivity index (χ3v) is 6.97. The predicted molar refractivity (Wildman–Crippen MR) is 126 cm³/mol. The molecule has 1 aliphatic rings. The lowest BCUT2D eigenvalue weighted by atomic mass is 10.1. The quantitative estimate of drug-likeness (QED) is 0.503. The van der Waals surface area contributed by atoms with E-state index in [4.69, 9.17) is 26.1 Å². The highest BCUT2D eigenvalue weighted by Gasteiger charge is 2.27. The molecule has 1 saturated heterocycles. The standard InChI is InChI=1S/C23H24ClN3O4S/c1-15-18(24)7-8-19-20(15)25-23(32-19)27(10-9-26-11-13-31-14-12-26)21(28)16-5-3-4-6-17(16)22(29)30-2/h3-8H,9-14H2,1-2H3. The van der Waals surface area contributed by atoms with E-state index in [0.29, 0.717) is 36.5 Å². The molecule has 1 aliphatic heterocycles. The number of morpholine rings is 1. The minimum absolute atomic E-state index is 0.233. The van der Waals surface area contributed by atoms with Crippen LogP contribution in [-0.2, 0) is 9.47 Å². The average Bonchev–Trinajstić information content (AvgIpc) is 3.26. The van der Waals surface area contributed by atoms with Crippen molar-refractivity contribution >= 4 is 50.2 Å². The number of esters is 1. The summed E-state index contributed by atoms with van der Waals surface area (Å²) in [6, 6.07) is 10.5. The van der Waals surface area contributed by atoms with Crippen molar-refractivity contribution in [3.63, 3.8) is 0 Å². The van der Waals surface area contributed by atoms with Crippen LogP contribution in [0.4, 0.5) is 5.13 Å². The molecule has 2 heterocycles. The van der Waals surface area contributed by atoms with Crippen LogP contribution in [0, 0.1) is 6.92 Å². The van der Waals surface area contributed by atoms with Crippen LogP contribution < -0.4 is 4.90 Å². The van der Waals surface area contributed by atoms with E-state index in [9.17, 15) is 9.59 Å². The molecule has 0 aliphatic carbocycles. The van der Waals surface area contributed by atoms with E-state index in [1.807, 2.05) is 19.1 Å². The van der Waals surface area contributed by atoms with Gasteiger partial charge in [0, 0.05) is 31.2 Å². The molecular formula is C23H24ClN3O4S. The van der Waals surface area contributed by atoms with Gasteiger partial charge in [-0.05, 0) is 36.8 Å². The number of nitrogens with zero attached hydrogens (tertiary/aromatic N) is 3. The van der Waals surface area contributed by atoms with Crippen molar-refractivity contribution in [3.8, 4) is 0 Å². The Bertz CT molecular complexity index is 1140. The van der Waals surface area contributed by atoms with Crippen LogP contribution in [0.2, 0.25) is 5.02 Å². The van der Waals surface area contributed by atoms with E-state index >= 15 is 0 Å². The number of hydrogen-bond donors (Lipinski definition) is 0. The van der Waals surface area contributed by atoms with Crippen LogP contribution in [-0.4, -0.2) is 68.3 Å². The van der Waals surface area contributed by atoms with Crippen molar-refractivity contribution in [2.75, 3.05) is 51.4 Å². The molecule has 1 aromatic heterocycles. The molecule has 3 aromatic rings. The number of aryl methyl sites for hydroxylation is 1. The molecule has 168 valence electrons. The van der Waals surface area contributed by atoms with Gasteiger partial charge in [-0.1, -0.05) is 35.1 Å². The van der Waals surface area contributed by atoms with E-state index in [2.05, 4.69) is 4.90 Å². The molecule has 0 spiro atoms. The van der Waals surface area contributed by atoms with Gasteiger partial charge in [-0.15, -0.1) is 0 Å². The lowest BCUT2D eigenvalue weighted by molar-refractivity contribution is 0.0390. The maximum Gasteiger partial charge on any atom is 0.338 e. The third-order valence-electron chi connectivity index (χ3n) is 5.52. The van der Waals surface area contributed by atoms with E-state index < -0.39 is 5.97 Å². The number of carbonyl (C=O) groups excluding carboxylic acids is 2. The Hall–Kier alpha value is -2.52. The van der Waals surface area contributed by atoms with Crippen molar-refractivity contribution in [2.24, 2.45) is 0 Å². The van der Waals surface area contributed by atoms with Crippen LogP contribution in [0.25, 0.3) is 10.2 Å². The molecule has 9 heteroatoms. The number of ether oxygens (including phenoxy) is 2. The topological polar surface area (TPSA) is 72.0 Å². The molecule has 2 aromatic carbocycles. The van der Waals surface area contributed by atoms with Crippen LogP contribution in [0.5, 0.6) is 0 Å². The number of anilines is 1. The van der Waals surface area contributed by atoms with E-state index in [-0.39, 0.29) is 17.0 Å². The summed E-state index contributed by atoms with van der Waals surface area (Å²) in [6.45, 7) is 6.01. The van der Waals surface area contributed by atoms with Gasteiger partial charge in [-0.25, -0.2) is 9.78 Å². The zero-order valence-electron chi connectivity index (χ0n) is 18.0. The zero-order chi connectivity index (χ0) is 22.7. The van der Waals surface area contributed by atoms with Gasteiger partial charge in [0.2, 0.25) is 0 Å². The number of halogens is 1. The Morgan fingerprint density at radius 3 is 2.62 bits per heavy atom. The molecule has 0 atom stereocenters. The molecule has 4 rings (SSSR count). The number of carbonyl (C=O) groups is 2. The second-order valence-electron chi connectivity index (χ2n) is 7.46. The van der Waals surface area contributed by atoms with Crippen molar-refractivity contribution < 1.29 is 19.1 Å². The van der Waals surface area contributed by atoms with Gasteiger partial charge in [0.1, 0.15) is 0 Å². The lowest BCUT2D eigenvalue weighted by Crippen LogP contribution is -2.43. The van der Waals surface area contributed by atoms with Crippen molar-refractivity contribution in [1.82, 2.24) is 9.88 Å². The first-order valence-electron chi connectivity index (χ1n) is 10.3. The Labute approximate surface area is 195 Å². The van der Waals surface area contributed by atoms with Gasteiger partial charge in [-0.2, -0.15) is 0 Å². The first-order valence-corrected chi connectivity index (χ1v) is 11.5. The molecule has 0 unspecified atom stereocenters. The summed E-state index contributed by atoms with van der Waals surface area (Å²) in [5.74, 6) is -0.837. The number of methoxy groups -OCH3 is 1. The summed E-state index contributed by atoms with van der Waals surface area (Å²) in [5.41, 5.74) is 2.18. The molecule has 0 bridgehead atoms. The number of hydrogen-bond acceptors (Lipinski definition) is 7. The normalized spacial score (nSPS) is 14.5. The first kappa shape index (κ1) is 22.7. The fraction of sp³-hybridized carbons (Fsp3) is 0.348. The van der Waals surface area contributed by atoms with Gasteiger partial charge in [0.25, 0.3) is 5.91 Å². The minimum Gasteiger partial charge on any atom is -0.465 e. The highest BCUT2D eigenvalue weighted by molar-refractivity contribution is 7.22. The van der Waals surface area contributed by atoms with Gasteiger partial charge in [0.05, 0.1) is 41.7 Å². The van der Waals surface area contributed by atoms with Crippen LogP contribution in [0.3, 0.4) is 0 Å². The zero-order valence-corrected chi connectivity index (χ0v) is 19.5. The third kappa shape index (κ3) is 4.63. The number of aromatic nitrogens is 1. The molecule has 1 fully saturated rings. The maximum absolute atomic E-state index is 13.7. The van der Waals surface area contributed by atoms with E-state index in [1.165, 1.54) is 18.4 Å². The number of benzene rings is 2. The summed E-state index contributed by atoms with van der Waals surface area (Å²) in [6.07, 6.45) is 0. The number of thiazole rings is 1. The highest BCUT2D eigenvalue weighted by Crippen LogP contribution is 2.34. The monoisotopic (exact) mass is 473 g/mol. The van der Waals surface area contributed by atoms with Crippen LogP contribution in [0.15, 0.2) is 36.4 Å². The minimum atomic E-state index is -0.547. The summed E-state index contributed by atoms with van der Waals surface area (Å²) in [5, 5.41) is 1.21. The van der Waals surface area contributed by atoms with Crippen molar-refractivity contribution in [3.05, 3.63) is 58.1 Å². The molecule has 1 amide bonds.